The molecule has 22 heavy (non-hydrogen) atoms. The van der Waals surface area contributed by atoms with Crippen molar-refractivity contribution in [2.45, 2.75) is 26.1 Å². The van der Waals surface area contributed by atoms with Gasteiger partial charge >= 0.3 is 0 Å². The average Bonchev–Trinajstić information content (AvgIpc) is 3.00. The molecular formula is C18H23NO3. The third-order valence-corrected chi connectivity index (χ3v) is 3.06. The highest BCUT2D eigenvalue weighted by Crippen LogP contribution is 2.18. The molecule has 0 bridgehead atoms. The fourth-order valence-corrected chi connectivity index (χ4v) is 2.02. The minimum Gasteiger partial charge on any atom is -0.491 e. The van der Waals surface area contributed by atoms with Crippen LogP contribution in [0.5, 0.6) is 5.75 Å². The van der Waals surface area contributed by atoms with Crippen LogP contribution < -0.4 is 10.1 Å². The van der Waals surface area contributed by atoms with Crippen LogP contribution in [0.4, 0.5) is 0 Å². The predicted octanol–water partition coefficient (Wildman–Crippen LogP) is 3.40. The lowest BCUT2D eigenvalue weighted by Crippen LogP contribution is -2.21. The molecule has 2 rings (SSSR count). The summed E-state index contributed by atoms with van der Waals surface area (Å²) >= 11 is 0. The van der Waals surface area contributed by atoms with Crippen molar-refractivity contribution in [3.8, 4) is 5.75 Å². The molecule has 1 unspecified atom stereocenters. The maximum absolute atomic E-state index is 10.1. The van der Waals surface area contributed by atoms with Crippen molar-refractivity contribution in [2.75, 3.05) is 13.1 Å². The lowest BCUT2D eigenvalue weighted by molar-refractivity contribution is 0.176. The third-order valence-electron chi connectivity index (χ3n) is 3.06. The summed E-state index contributed by atoms with van der Waals surface area (Å²) in [6.45, 7) is 5.14. The second kappa shape index (κ2) is 8.41. The summed E-state index contributed by atoms with van der Waals surface area (Å²) in [5, 5.41) is 13.3. The first-order valence-electron chi connectivity index (χ1n) is 7.50. The Labute approximate surface area is 131 Å². The van der Waals surface area contributed by atoms with E-state index in [2.05, 4.69) is 5.32 Å². The summed E-state index contributed by atoms with van der Waals surface area (Å²) < 4.78 is 10.8. The Balaban J connectivity index is 1.73. The number of aliphatic hydroxyl groups is 1. The van der Waals surface area contributed by atoms with Crippen molar-refractivity contribution in [3.05, 3.63) is 60.1 Å². The van der Waals surface area contributed by atoms with Crippen molar-refractivity contribution in [2.24, 2.45) is 0 Å². The van der Waals surface area contributed by atoms with E-state index in [4.69, 9.17) is 9.15 Å². The van der Waals surface area contributed by atoms with Crippen LogP contribution in [-0.4, -0.2) is 24.3 Å². The first kappa shape index (κ1) is 16.3. The molecule has 2 N–H and O–H groups in total. The quantitative estimate of drug-likeness (QED) is 0.734. The highest BCUT2D eigenvalue weighted by atomic mass is 16.5. The van der Waals surface area contributed by atoms with E-state index >= 15 is 0 Å². The van der Waals surface area contributed by atoms with E-state index in [0.717, 1.165) is 17.1 Å². The molecule has 0 spiro atoms. The minimum absolute atomic E-state index is 0.151. The van der Waals surface area contributed by atoms with Crippen LogP contribution in [0.3, 0.4) is 0 Å². The zero-order valence-corrected chi connectivity index (χ0v) is 13.0. The maximum atomic E-state index is 10.1. The lowest BCUT2D eigenvalue weighted by atomic mass is 10.1. The normalized spacial score (nSPS) is 12.9. The molecule has 1 aromatic heterocycles. The van der Waals surface area contributed by atoms with E-state index in [1.807, 2.05) is 62.4 Å². The fourth-order valence-electron chi connectivity index (χ4n) is 2.02. The summed E-state index contributed by atoms with van der Waals surface area (Å²) in [6.07, 6.45) is 5.12. The maximum Gasteiger partial charge on any atom is 0.126 e. The zero-order chi connectivity index (χ0) is 15.8. The van der Waals surface area contributed by atoms with Crippen molar-refractivity contribution < 1.29 is 14.3 Å². The summed E-state index contributed by atoms with van der Waals surface area (Å²) in [4.78, 5) is 0. The molecular weight excluding hydrogens is 278 g/mol. The Hall–Kier alpha value is -2.04. The number of benzene rings is 1. The first-order valence-corrected chi connectivity index (χ1v) is 7.50. The van der Waals surface area contributed by atoms with E-state index in [9.17, 15) is 5.11 Å². The van der Waals surface area contributed by atoms with Crippen molar-refractivity contribution in [1.82, 2.24) is 5.32 Å². The Kier molecular flexibility index (Phi) is 6.25. The number of nitrogens with one attached hydrogen (secondary N) is 1. The van der Waals surface area contributed by atoms with Crippen molar-refractivity contribution >= 4 is 6.08 Å². The zero-order valence-electron chi connectivity index (χ0n) is 13.0. The van der Waals surface area contributed by atoms with E-state index in [1.54, 1.807) is 6.26 Å². The molecule has 4 heteroatoms. The van der Waals surface area contributed by atoms with Gasteiger partial charge in [-0.25, -0.2) is 0 Å². The summed E-state index contributed by atoms with van der Waals surface area (Å²) in [5.41, 5.74) is 0.874. The molecule has 0 radical (unpaired) electrons. The molecule has 2 aromatic rings. The second-order valence-electron chi connectivity index (χ2n) is 5.33. The van der Waals surface area contributed by atoms with Gasteiger partial charge in [0.05, 0.1) is 18.5 Å². The van der Waals surface area contributed by atoms with E-state index < -0.39 is 6.10 Å². The van der Waals surface area contributed by atoms with Gasteiger partial charge in [-0.05, 0) is 49.8 Å². The van der Waals surface area contributed by atoms with Crippen LogP contribution in [-0.2, 0) is 0 Å². The van der Waals surface area contributed by atoms with Crippen LogP contribution in [0.1, 0.15) is 31.3 Å². The molecule has 0 aliphatic rings. The Bertz CT molecular complexity index is 559. The smallest absolute Gasteiger partial charge is 0.126 e. The van der Waals surface area contributed by atoms with Gasteiger partial charge in [0.15, 0.2) is 0 Å². The SMILES string of the molecule is CC(C)Oc1ccc(C(O)CNC/C=C/c2ccco2)cc1. The van der Waals surface area contributed by atoms with Gasteiger partial charge in [0.25, 0.3) is 0 Å². The van der Waals surface area contributed by atoms with Gasteiger partial charge in [-0.15, -0.1) is 0 Å². The largest absolute Gasteiger partial charge is 0.491 e. The summed E-state index contributed by atoms with van der Waals surface area (Å²) in [7, 11) is 0. The minimum atomic E-state index is -0.537. The van der Waals surface area contributed by atoms with Gasteiger partial charge < -0.3 is 19.6 Å². The van der Waals surface area contributed by atoms with Crippen LogP contribution in [0.2, 0.25) is 0 Å². The van der Waals surface area contributed by atoms with Crippen molar-refractivity contribution in [1.29, 1.82) is 0 Å². The molecule has 1 aromatic carbocycles. The standard InChI is InChI=1S/C18H23NO3/c1-14(2)22-17-9-7-15(8-10-17)18(20)13-19-11-3-5-16-6-4-12-21-16/h3-10,12,14,18-20H,11,13H2,1-2H3/b5-3+. The van der Waals surface area contributed by atoms with Crippen LogP contribution >= 0.6 is 0 Å². The Morgan fingerprint density at radius 3 is 2.64 bits per heavy atom. The van der Waals surface area contributed by atoms with Gasteiger partial charge in [0, 0.05) is 13.1 Å². The highest BCUT2D eigenvalue weighted by molar-refractivity contribution is 5.42. The first-order chi connectivity index (χ1) is 10.6. The summed E-state index contributed by atoms with van der Waals surface area (Å²) in [6, 6.07) is 11.3. The van der Waals surface area contributed by atoms with Crippen LogP contribution in [0.15, 0.2) is 53.2 Å². The van der Waals surface area contributed by atoms with Gasteiger partial charge in [0.2, 0.25) is 0 Å². The molecule has 118 valence electrons. The number of rotatable bonds is 8. The second-order valence-corrected chi connectivity index (χ2v) is 5.33. The average molecular weight is 301 g/mol. The Morgan fingerprint density at radius 1 is 1.23 bits per heavy atom. The van der Waals surface area contributed by atoms with Crippen molar-refractivity contribution in [3.63, 3.8) is 0 Å². The number of hydrogen-bond donors (Lipinski definition) is 2. The molecule has 4 nitrogen and oxygen atoms in total. The molecule has 0 saturated heterocycles. The fraction of sp³-hybridized carbons (Fsp3) is 0.333. The predicted molar refractivity (Wildman–Crippen MR) is 87.8 cm³/mol. The Morgan fingerprint density at radius 2 is 2.00 bits per heavy atom. The lowest BCUT2D eigenvalue weighted by Gasteiger charge is -2.13. The number of ether oxygens (including phenoxy) is 1. The third kappa shape index (κ3) is 5.39. The van der Waals surface area contributed by atoms with Crippen LogP contribution in [0, 0.1) is 0 Å². The van der Waals surface area contributed by atoms with Gasteiger partial charge in [0.1, 0.15) is 11.5 Å². The van der Waals surface area contributed by atoms with Gasteiger partial charge in [-0.2, -0.15) is 0 Å². The summed E-state index contributed by atoms with van der Waals surface area (Å²) in [5.74, 6) is 1.64. The topological polar surface area (TPSA) is 54.6 Å². The van der Waals surface area contributed by atoms with E-state index in [1.165, 1.54) is 0 Å². The monoisotopic (exact) mass is 301 g/mol. The van der Waals surface area contributed by atoms with Gasteiger partial charge in [-0.1, -0.05) is 18.2 Å². The number of aliphatic hydroxyl groups excluding tert-OH is 1. The molecule has 0 amide bonds. The molecule has 0 fully saturated rings. The molecule has 0 aliphatic carbocycles. The number of furan rings is 1. The van der Waals surface area contributed by atoms with Gasteiger partial charge in [-0.3, -0.25) is 0 Å². The molecule has 1 atom stereocenters. The highest BCUT2D eigenvalue weighted by Gasteiger charge is 2.07. The molecule has 0 saturated carbocycles. The van der Waals surface area contributed by atoms with E-state index in [-0.39, 0.29) is 6.10 Å². The molecule has 0 aliphatic heterocycles. The van der Waals surface area contributed by atoms with Crippen LogP contribution in [0.25, 0.3) is 6.08 Å². The van der Waals surface area contributed by atoms with E-state index in [0.29, 0.717) is 13.1 Å². The number of hydrogen-bond acceptors (Lipinski definition) is 4. The molecule has 1 heterocycles.